The molecular formula is C16H15FO4. The summed E-state index contributed by atoms with van der Waals surface area (Å²) in [5, 5.41) is 8.94. The molecule has 0 unspecified atom stereocenters. The van der Waals surface area contributed by atoms with Crippen molar-refractivity contribution in [2.45, 2.75) is 13.2 Å². The van der Waals surface area contributed by atoms with Crippen LogP contribution in [0.1, 0.15) is 21.5 Å². The van der Waals surface area contributed by atoms with E-state index in [1.54, 1.807) is 30.3 Å². The normalized spacial score (nSPS) is 10.2. The number of benzene rings is 2. The third-order valence-corrected chi connectivity index (χ3v) is 2.95. The van der Waals surface area contributed by atoms with Crippen molar-refractivity contribution in [3.63, 3.8) is 0 Å². The third kappa shape index (κ3) is 3.79. The van der Waals surface area contributed by atoms with Gasteiger partial charge in [0.15, 0.2) is 0 Å². The van der Waals surface area contributed by atoms with E-state index in [1.165, 1.54) is 19.2 Å². The summed E-state index contributed by atoms with van der Waals surface area (Å²) in [6.45, 7) is 0.150. The Labute approximate surface area is 121 Å². The Morgan fingerprint density at radius 3 is 2.38 bits per heavy atom. The van der Waals surface area contributed by atoms with Crippen LogP contribution in [-0.4, -0.2) is 18.2 Å². The first-order valence-electron chi connectivity index (χ1n) is 6.33. The summed E-state index contributed by atoms with van der Waals surface area (Å²) in [6, 6.07) is 11.2. The maximum absolute atomic E-state index is 13.7. The Morgan fingerprint density at radius 2 is 1.81 bits per heavy atom. The maximum atomic E-state index is 13.7. The van der Waals surface area contributed by atoms with Crippen LogP contribution in [0, 0.1) is 5.82 Å². The fourth-order valence-corrected chi connectivity index (χ4v) is 1.78. The number of ether oxygens (including phenoxy) is 2. The zero-order valence-corrected chi connectivity index (χ0v) is 11.5. The second-order valence-electron chi connectivity index (χ2n) is 4.40. The second kappa shape index (κ2) is 6.85. The molecule has 0 saturated heterocycles. The molecule has 2 aromatic carbocycles. The van der Waals surface area contributed by atoms with Crippen molar-refractivity contribution in [2.24, 2.45) is 0 Å². The van der Waals surface area contributed by atoms with Gasteiger partial charge in [0, 0.05) is 0 Å². The largest absolute Gasteiger partial charge is 0.489 e. The topological polar surface area (TPSA) is 55.8 Å². The van der Waals surface area contributed by atoms with Gasteiger partial charge in [-0.3, -0.25) is 0 Å². The lowest BCUT2D eigenvalue weighted by atomic mass is 10.1. The van der Waals surface area contributed by atoms with Crippen molar-refractivity contribution >= 4 is 5.97 Å². The number of rotatable bonds is 5. The lowest BCUT2D eigenvalue weighted by molar-refractivity contribution is 0.0595. The molecular weight excluding hydrogens is 275 g/mol. The van der Waals surface area contributed by atoms with Gasteiger partial charge in [-0.15, -0.1) is 0 Å². The molecule has 0 spiro atoms. The first-order valence-corrected chi connectivity index (χ1v) is 6.33. The summed E-state index contributed by atoms with van der Waals surface area (Å²) in [7, 11) is 1.20. The highest BCUT2D eigenvalue weighted by Crippen LogP contribution is 2.16. The highest BCUT2D eigenvalue weighted by Gasteiger charge is 2.12. The standard InChI is InChI=1S/C16H15FO4/c1-20-16(19)14-7-4-12(8-15(14)17)10-21-13-5-2-11(9-18)3-6-13/h2-8,18H,9-10H2,1H3. The van der Waals surface area contributed by atoms with Gasteiger partial charge in [0.05, 0.1) is 19.3 Å². The van der Waals surface area contributed by atoms with Crippen molar-refractivity contribution in [1.29, 1.82) is 0 Å². The van der Waals surface area contributed by atoms with Crippen LogP contribution >= 0.6 is 0 Å². The van der Waals surface area contributed by atoms with Crippen LogP contribution in [0.3, 0.4) is 0 Å². The molecule has 0 atom stereocenters. The van der Waals surface area contributed by atoms with E-state index in [0.717, 1.165) is 5.56 Å². The van der Waals surface area contributed by atoms with Crippen LogP contribution in [0.5, 0.6) is 5.75 Å². The molecule has 2 rings (SSSR count). The number of esters is 1. The number of hydrogen-bond acceptors (Lipinski definition) is 4. The van der Waals surface area contributed by atoms with Crippen LogP contribution in [0.4, 0.5) is 4.39 Å². The summed E-state index contributed by atoms with van der Waals surface area (Å²) in [6.07, 6.45) is 0. The zero-order chi connectivity index (χ0) is 15.2. The van der Waals surface area contributed by atoms with E-state index in [1.807, 2.05) is 0 Å². The number of carbonyl (C=O) groups is 1. The van der Waals surface area contributed by atoms with Gasteiger partial charge in [0.1, 0.15) is 18.2 Å². The molecule has 1 N–H and O–H groups in total. The predicted molar refractivity (Wildman–Crippen MR) is 74.4 cm³/mol. The van der Waals surface area contributed by atoms with Crippen molar-refractivity contribution in [3.8, 4) is 5.75 Å². The lowest BCUT2D eigenvalue weighted by Crippen LogP contribution is -2.05. The van der Waals surface area contributed by atoms with Crippen LogP contribution in [0.2, 0.25) is 0 Å². The van der Waals surface area contributed by atoms with Crippen molar-refractivity contribution < 1.29 is 23.8 Å². The van der Waals surface area contributed by atoms with Gasteiger partial charge in [-0.05, 0) is 35.4 Å². The van der Waals surface area contributed by atoms with E-state index in [-0.39, 0.29) is 18.8 Å². The predicted octanol–water partition coefficient (Wildman–Crippen LogP) is 2.68. The number of aliphatic hydroxyl groups excluding tert-OH is 1. The molecule has 0 saturated carbocycles. The average Bonchev–Trinajstić information content (AvgIpc) is 2.52. The molecule has 0 aliphatic rings. The first-order chi connectivity index (χ1) is 10.1. The molecule has 0 radical (unpaired) electrons. The number of halogens is 1. The monoisotopic (exact) mass is 290 g/mol. The Hall–Kier alpha value is -2.40. The van der Waals surface area contributed by atoms with E-state index in [0.29, 0.717) is 11.3 Å². The molecule has 110 valence electrons. The van der Waals surface area contributed by atoms with E-state index in [9.17, 15) is 9.18 Å². The Morgan fingerprint density at radius 1 is 1.14 bits per heavy atom. The minimum atomic E-state index is -0.709. The molecule has 0 bridgehead atoms. The Kier molecular flexibility index (Phi) is 4.90. The first kappa shape index (κ1) is 15.0. The SMILES string of the molecule is COC(=O)c1ccc(COc2ccc(CO)cc2)cc1F. The van der Waals surface area contributed by atoms with E-state index >= 15 is 0 Å². The van der Waals surface area contributed by atoms with Gasteiger partial charge in [-0.1, -0.05) is 18.2 Å². The van der Waals surface area contributed by atoms with Gasteiger partial charge >= 0.3 is 5.97 Å². The molecule has 0 aliphatic heterocycles. The molecule has 0 aliphatic carbocycles. The number of carbonyl (C=O) groups excluding carboxylic acids is 1. The molecule has 0 amide bonds. The quantitative estimate of drug-likeness (QED) is 0.860. The summed E-state index contributed by atoms with van der Waals surface area (Å²) >= 11 is 0. The summed E-state index contributed by atoms with van der Waals surface area (Å²) in [4.78, 5) is 11.3. The smallest absolute Gasteiger partial charge is 0.340 e. The van der Waals surface area contributed by atoms with E-state index < -0.39 is 11.8 Å². The van der Waals surface area contributed by atoms with Crippen molar-refractivity contribution in [2.75, 3.05) is 7.11 Å². The Balaban J connectivity index is 2.03. The molecule has 21 heavy (non-hydrogen) atoms. The zero-order valence-electron chi connectivity index (χ0n) is 11.5. The van der Waals surface area contributed by atoms with Gasteiger partial charge in [0.25, 0.3) is 0 Å². The van der Waals surface area contributed by atoms with Crippen molar-refractivity contribution in [1.82, 2.24) is 0 Å². The van der Waals surface area contributed by atoms with E-state index in [4.69, 9.17) is 9.84 Å². The van der Waals surface area contributed by atoms with Crippen LogP contribution in [0.15, 0.2) is 42.5 Å². The fraction of sp³-hybridized carbons (Fsp3) is 0.188. The minimum absolute atomic E-state index is 0.0273. The average molecular weight is 290 g/mol. The summed E-state index contributed by atoms with van der Waals surface area (Å²) in [5.41, 5.74) is 1.29. The maximum Gasteiger partial charge on any atom is 0.340 e. The molecule has 0 aromatic heterocycles. The number of aliphatic hydroxyl groups is 1. The number of hydrogen-bond donors (Lipinski definition) is 1. The van der Waals surface area contributed by atoms with Gasteiger partial charge in [-0.25, -0.2) is 9.18 Å². The Bertz CT molecular complexity index is 623. The molecule has 5 heteroatoms. The molecule has 0 fully saturated rings. The molecule has 2 aromatic rings. The minimum Gasteiger partial charge on any atom is -0.489 e. The van der Waals surface area contributed by atoms with Gasteiger partial charge in [-0.2, -0.15) is 0 Å². The van der Waals surface area contributed by atoms with Gasteiger partial charge < -0.3 is 14.6 Å². The summed E-state index contributed by atoms with van der Waals surface area (Å²) < 4.78 is 23.7. The van der Waals surface area contributed by atoms with Crippen LogP contribution < -0.4 is 4.74 Å². The molecule has 0 heterocycles. The number of methoxy groups -OCH3 is 1. The fourth-order valence-electron chi connectivity index (χ4n) is 1.78. The lowest BCUT2D eigenvalue weighted by Gasteiger charge is -2.08. The highest BCUT2D eigenvalue weighted by molar-refractivity contribution is 5.89. The van der Waals surface area contributed by atoms with Gasteiger partial charge in [0.2, 0.25) is 0 Å². The third-order valence-electron chi connectivity index (χ3n) is 2.95. The summed E-state index contributed by atoms with van der Waals surface area (Å²) in [5.74, 6) is -0.734. The van der Waals surface area contributed by atoms with Crippen LogP contribution in [-0.2, 0) is 18.0 Å². The highest BCUT2D eigenvalue weighted by atomic mass is 19.1. The van der Waals surface area contributed by atoms with Crippen molar-refractivity contribution in [3.05, 3.63) is 65.0 Å². The second-order valence-corrected chi connectivity index (χ2v) is 4.40. The molecule has 4 nitrogen and oxygen atoms in total. The van der Waals surface area contributed by atoms with E-state index in [2.05, 4.69) is 4.74 Å². The van der Waals surface area contributed by atoms with Crippen LogP contribution in [0.25, 0.3) is 0 Å².